The van der Waals surface area contributed by atoms with E-state index >= 15 is 0 Å². The standard InChI is InChI=1S/C18H20F3N3O4/c1-10-4-7-22(8-5-10)18(26)12-3-2-6-23(12)17(25)11-9-13(24(27)28)15(20)16(21)14(11)19/h9-10,12H,2-8H2,1H3/t12-/m0/s1. The van der Waals surface area contributed by atoms with Crippen molar-refractivity contribution in [1.29, 1.82) is 0 Å². The summed E-state index contributed by atoms with van der Waals surface area (Å²) < 4.78 is 41.5. The van der Waals surface area contributed by atoms with Crippen molar-refractivity contribution in [2.24, 2.45) is 5.92 Å². The molecule has 10 heteroatoms. The van der Waals surface area contributed by atoms with Crippen molar-refractivity contribution in [2.75, 3.05) is 19.6 Å². The van der Waals surface area contributed by atoms with Gasteiger partial charge in [0.05, 0.1) is 10.5 Å². The Morgan fingerprint density at radius 3 is 2.32 bits per heavy atom. The Morgan fingerprint density at radius 1 is 1.07 bits per heavy atom. The van der Waals surface area contributed by atoms with Gasteiger partial charge < -0.3 is 9.80 Å². The van der Waals surface area contributed by atoms with E-state index in [2.05, 4.69) is 6.92 Å². The highest BCUT2D eigenvalue weighted by Crippen LogP contribution is 2.29. The molecule has 0 spiro atoms. The van der Waals surface area contributed by atoms with Crippen LogP contribution in [0.25, 0.3) is 0 Å². The maximum Gasteiger partial charge on any atom is 0.308 e. The van der Waals surface area contributed by atoms with Gasteiger partial charge in [-0.05, 0) is 31.6 Å². The van der Waals surface area contributed by atoms with E-state index in [0.29, 0.717) is 37.9 Å². The average molecular weight is 399 g/mol. The van der Waals surface area contributed by atoms with Crippen molar-refractivity contribution >= 4 is 17.5 Å². The van der Waals surface area contributed by atoms with E-state index in [0.717, 1.165) is 17.7 Å². The van der Waals surface area contributed by atoms with Crippen LogP contribution in [0.3, 0.4) is 0 Å². The molecule has 1 atom stereocenters. The second kappa shape index (κ2) is 7.76. The van der Waals surface area contributed by atoms with Gasteiger partial charge in [-0.3, -0.25) is 19.7 Å². The average Bonchev–Trinajstić information content (AvgIpc) is 3.15. The summed E-state index contributed by atoms with van der Waals surface area (Å²) in [6, 6.07) is -0.453. The predicted molar refractivity (Wildman–Crippen MR) is 92.0 cm³/mol. The van der Waals surface area contributed by atoms with Crippen LogP contribution in [0.1, 0.15) is 43.0 Å². The quantitative estimate of drug-likeness (QED) is 0.445. The Kier molecular flexibility index (Phi) is 5.57. The molecule has 0 saturated carbocycles. The van der Waals surface area contributed by atoms with E-state index in [1.54, 1.807) is 4.90 Å². The first kappa shape index (κ1) is 20.1. The second-order valence-corrected chi connectivity index (χ2v) is 7.31. The highest BCUT2D eigenvalue weighted by atomic mass is 19.2. The van der Waals surface area contributed by atoms with Gasteiger partial charge in [-0.15, -0.1) is 0 Å². The Hall–Kier alpha value is -2.65. The minimum absolute atomic E-state index is 0.131. The molecular weight excluding hydrogens is 379 g/mol. The van der Waals surface area contributed by atoms with E-state index in [1.165, 1.54) is 0 Å². The summed E-state index contributed by atoms with van der Waals surface area (Å²) in [5.41, 5.74) is -2.27. The molecule has 28 heavy (non-hydrogen) atoms. The Bertz CT molecular complexity index is 825. The van der Waals surface area contributed by atoms with E-state index in [9.17, 15) is 32.9 Å². The number of nitrogens with zero attached hydrogens (tertiary/aromatic N) is 3. The van der Waals surface area contributed by atoms with Crippen LogP contribution in [0.15, 0.2) is 6.07 Å². The molecule has 1 aromatic rings. The van der Waals surface area contributed by atoms with Crippen LogP contribution in [0.5, 0.6) is 0 Å². The summed E-state index contributed by atoms with van der Waals surface area (Å²) in [4.78, 5) is 38.0. The van der Waals surface area contributed by atoms with E-state index < -0.39 is 45.6 Å². The first-order valence-electron chi connectivity index (χ1n) is 9.14. The van der Waals surface area contributed by atoms with Crippen LogP contribution in [-0.2, 0) is 4.79 Å². The fourth-order valence-electron chi connectivity index (χ4n) is 3.74. The monoisotopic (exact) mass is 399 g/mol. The summed E-state index contributed by atoms with van der Waals surface area (Å²) in [7, 11) is 0. The normalized spacial score (nSPS) is 20.5. The number of amides is 2. The highest BCUT2D eigenvalue weighted by Gasteiger charge is 2.40. The molecule has 0 radical (unpaired) electrons. The van der Waals surface area contributed by atoms with Crippen LogP contribution in [-0.4, -0.2) is 52.2 Å². The lowest BCUT2D eigenvalue weighted by Gasteiger charge is -2.34. The van der Waals surface area contributed by atoms with E-state index in [-0.39, 0.29) is 12.5 Å². The molecule has 2 heterocycles. The zero-order chi connectivity index (χ0) is 20.6. The first-order valence-corrected chi connectivity index (χ1v) is 9.14. The van der Waals surface area contributed by atoms with Gasteiger partial charge in [0.2, 0.25) is 17.5 Å². The number of nitro groups is 1. The van der Waals surface area contributed by atoms with Gasteiger partial charge in [-0.1, -0.05) is 6.92 Å². The highest BCUT2D eigenvalue weighted by molar-refractivity contribution is 5.98. The molecule has 7 nitrogen and oxygen atoms in total. The fourth-order valence-corrected chi connectivity index (χ4v) is 3.74. The number of carbonyl (C=O) groups excluding carboxylic acids is 2. The van der Waals surface area contributed by atoms with Gasteiger partial charge in [0, 0.05) is 25.7 Å². The van der Waals surface area contributed by atoms with Crippen LogP contribution in [0.2, 0.25) is 0 Å². The van der Waals surface area contributed by atoms with Crippen LogP contribution in [0, 0.1) is 33.5 Å². The molecule has 1 aromatic carbocycles. The molecule has 2 saturated heterocycles. The van der Waals surface area contributed by atoms with Crippen molar-refractivity contribution in [3.8, 4) is 0 Å². The third-order valence-electron chi connectivity index (χ3n) is 5.45. The third kappa shape index (κ3) is 3.55. The topological polar surface area (TPSA) is 83.8 Å². The second-order valence-electron chi connectivity index (χ2n) is 7.31. The number of hydrogen-bond acceptors (Lipinski definition) is 4. The summed E-state index contributed by atoms with van der Waals surface area (Å²) in [6.45, 7) is 3.34. The van der Waals surface area contributed by atoms with Crippen molar-refractivity contribution in [3.63, 3.8) is 0 Å². The molecule has 152 valence electrons. The zero-order valence-electron chi connectivity index (χ0n) is 15.3. The molecular formula is C18H20F3N3O4. The molecule has 0 bridgehead atoms. The van der Waals surface area contributed by atoms with Gasteiger partial charge in [0.15, 0.2) is 5.82 Å². The number of hydrogen-bond donors (Lipinski definition) is 0. The maximum atomic E-state index is 14.2. The lowest BCUT2D eigenvalue weighted by molar-refractivity contribution is -0.387. The maximum absolute atomic E-state index is 14.2. The minimum Gasteiger partial charge on any atom is -0.341 e. The number of likely N-dealkylation sites (tertiary alicyclic amines) is 2. The van der Waals surface area contributed by atoms with Gasteiger partial charge in [0.1, 0.15) is 6.04 Å². The molecule has 2 fully saturated rings. The van der Waals surface area contributed by atoms with Gasteiger partial charge >= 0.3 is 5.69 Å². The predicted octanol–water partition coefficient (Wildman–Crippen LogP) is 2.88. The van der Waals surface area contributed by atoms with Crippen molar-refractivity contribution in [1.82, 2.24) is 9.80 Å². The summed E-state index contributed by atoms with van der Waals surface area (Å²) >= 11 is 0. The van der Waals surface area contributed by atoms with Gasteiger partial charge in [-0.2, -0.15) is 4.39 Å². The van der Waals surface area contributed by atoms with Crippen LogP contribution >= 0.6 is 0 Å². The zero-order valence-corrected chi connectivity index (χ0v) is 15.3. The molecule has 2 aliphatic heterocycles. The van der Waals surface area contributed by atoms with Gasteiger partial charge in [-0.25, -0.2) is 8.78 Å². The number of piperidine rings is 1. The first-order chi connectivity index (χ1) is 13.2. The summed E-state index contributed by atoms with van der Waals surface area (Å²) in [5, 5.41) is 10.9. The SMILES string of the molecule is CC1CCN(C(=O)[C@@H]2CCCN2C(=O)c2cc([N+](=O)[O-])c(F)c(F)c2F)CC1. The molecule has 0 unspecified atom stereocenters. The Balaban J connectivity index is 1.87. The van der Waals surface area contributed by atoms with Crippen molar-refractivity contribution < 1.29 is 27.7 Å². The molecule has 2 aliphatic rings. The van der Waals surface area contributed by atoms with Crippen LogP contribution < -0.4 is 0 Å². The molecule has 2 amide bonds. The number of halogens is 3. The van der Waals surface area contributed by atoms with E-state index in [1.807, 2.05) is 0 Å². The van der Waals surface area contributed by atoms with Crippen molar-refractivity contribution in [3.05, 3.63) is 39.2 Å². The lowest BCUT2D eigenvalue weighted by atomic mass is 9.98. The Morgan fingerprint density at radius 2 is 1.71 bits per heavy atom. The number of nitro benzene ring substituents is 1. The number of rotatable bonds is 3. The lowest BCUT2D eigenvalue weighted by Crippen LogP contribution is -2.50. The molecule has 0 aromatic heterocycles. The largest absolute Gasteiger partial charge is 0.341 e. The minimum atomic E-state index is -2.08. The smallest absolute Gasteiger partial charge is 0.308 e. The fraction of sp³-hybridized carbons (Fsp3) is 0.556. The summed E-state index contributed by atoms with van der Waals surface area (Å²) in [5.74, 6) is -6.66. The molecule has 0 aliphatic carbocycles. The van der Waals surface area contributed by atoms with Crippen molar-refractivity contribution in [2.45, 2.75) is 38.6 Å². The van der Waals surface area contributed by atoms with E-state index in [4.69, 9.17) is 0 Å². The van der Waals surface area contributed by atoms with Crippen LogP contribution in [0.4, 0.5) is 18.9 Å². The molecule has 0 N–H and O–H groups in total. The molecule has 3 rings (SSSR count). The Labute approximate surface area is 159 Å². The van der Waals surface area contributed by atoms with Gasteiger partial charge in [0.25, 0.3) is 5.91 Å². The summed E-state index contributed by atoms with van der Waals surface area (Å²) in [6.07, 6.45) is 2.54. The third-order valence-corrected chi connectivity index (χ3v) is 5.45. The number of benzene rings is 1. The number of carbonyl (C=O) groups is 2.